The van der Waals surface area contributed by atoms with Crippen molar-refractivity contribution < 1.29 is 18.0 Å². The van der Waals surface area contributed by atoms with E-state index < -0.39 is 17.5 Å². The van der Waals surface area contributed by atoms with Gasteiger partial charge in [-0.2, -0.15) is 13.2 Å². The highest BCUT2D eigenvalue weighted by Crippen LogP contribution is 2.58. The van der Waals surface area contributed by atoms with Crippen molar-refractivity contribution >= 4 is 18.3 Å². The first kappa shape index (κ1) is 13.6. The average Bonchev–Trinajstić information content (AvgIpc) is 2.83. The Kier molecular flexibility index (Phi) is 3.45. The highest BCUT2D eigenvalue weighted by molar-refractivity contribution is 5.86. The fraction of sp³-hybridized carbons (Fsp3) is 0.889. The second kappa shape index (κ2) is 4.07. The zero-order valence-corrected chi connectivity index (χ0v) is 9.40. The number of nitrogens with two attached hydrogens (primary N) is 1. The fourth-order valence-electron chi connectivity index (χ4n) is 2.02. The van der Waals surface area contributed by atoms with Crippen LogP contribution in [0, 0.1) is 5.41 Å². The molecule has 2 aliphatic rings. The van der Waals surface area contributed by atoms with Gasteiger partial charge in [-0.05, 0) is 19.3 Å². The van der Waals surface area contributed by atoms with Gasteiger partial charge in [0.2, 0.25) is 5.91 Å². The van der Waals surface area contributed by atoms with E-state index in [-0.39, 0.29) is 37.8 Å². The Morgan fingerprint density at radius 1 is 1.38 bits per heavy atom. The molecule has 3 nitrogen and oxygen atoms in total. The Bertz CT molecular complexity index is 291. The molecule has 1 unspecified atom stereocenters. The van der Waals surface area contributed by atoms with Gasteiger partial charge >= 0.3 is 6.18 Å². The smallest absolute Gasteiger partial charge is 0.340 e. The van der Waals surface area contributed by atoms with Gasteiger partial charge in [0, 0.05) is 19.1 Å². The molecule has 0 radical (unpaired) electrons. The number of rotatable bonds is 1. The summed E-state index contributed by atoms with van der Waals surface area (Å²) < 4.78 is 37.9. The molecule has 0 aromatic heterocycles. The topological polar surface area (TPSA) is 46.3 Å². The van der Waals surface area contributed by atoms with Crippen molar-refractivity contribution in [3.05, 3.63) is 0 Å². The third-order valence-electron chi connectivity index (χ3n) is 3.21. The summed E-state index contributed by atoms with van der Waals surface area (Å²) in [6.45, 7) is 0.620. The van der Waals surface area contributed by atoms with Crippen LogP contribution < -0.4 is 5.73 Å². The van der Waals surface area contributed by atoms with Crippen molar-refractivity contribution in [1.82, 2.24) is 4.90 Å². The molecule has 0 aromatic carbocycles. The molecular weight excluding hydrogens is 245 g/mol. The van der Waals surface area contributed by atoms with Crippen LogP contribution in [0.2, 0.25) is 0 Å². The molecule has 2 N–H and O–H groups in total. The first-order valence-corrected chi connectivity index (χ1v) is 4.98. The average molecular weight is 259 g/mol. The van der Waals surface area contributed by atoms with Gasteiger partial charge in [-0.1, -0.05) is 0 Å². The Labute approximate surface area is 97.6 Å². The first-order chi connectivity index (χ1) is 6.87. The third-order valence-corrected chi connectivity index (χ3v) is 3.21. The van der Waals surface area contributed by atoms with Crippen molar-refractivity contribution in [3.8, 4) is 0 Å². The van der Waals surface area contributed by atoms with E-state index in [0.29, 0.717) is 13.0 Å². The van der Waals surface area contributed by atoms with E-state index in [2.05, 4.69) is 0 Å². The molecular formula is C9H14ClF3N2O. The standard InChI is InChI=1S/C9H13F3N2O.ClH/c10-9(11,12)8(2-3-8)7(15)14-4-1-6(13)5-14;/h6H,1-5,13H2;1H. The molecule has 1 atom stereocenters. The second-order valence-corrected chi connectivity index (χ2v) is 4.38. The number of amides is 1. The van der Waals surface area contributed by atoms with Crippen LogP contribution in [0.4, 0.5) is 13.2 Å². The number of carbonyl (C=O) groups is 1. The normalized spacial score (nSPS) is 27.5. The molecule has 2 fully saturated rings. The minimum atomic E-state index is -4.41. The number of halogens is 4. The molecule has 1 amide bonds. The van der Waals surface area contributed by atoms with Crippen LogP contribution in [0.15, 0.2) is 0 Å². The summed E-state index contributed by atoms with van der Waals surface area (Å²) in [6.07, 6.45) is -3.95. The van der Waals surface area contributed by atoms with E-state index in [4.69, 9.17) is 5.73 Å². The van der Waals surface area contributed by atoms with Crippen molar-refractivity contribution in [2.24, 2.45) is 11.1 Å². The lowest BCUT2D eigenvalue weighted by Crippen LogP contribution is -2.43. The van der Waals surface area contributed by atoms with Crippen molar-refractivity contribution in [3.63, 3.8) is 0 Å². The Morgan fingerprint density at radius 2 is 1.94 bits per heavy atom. The molecule has 1 aliphatic carbocycles. The maximum absolute atomic E-state index is 12.6. The van der Waals surface area contributed by atoms with Crippen LogP contribution in [0.5, 0.6) is 0 Å². The molecule has 7 heteroatoms. The van der Waals surface area contributed by atoms with Gasteiger partial charge in [-0.15, -0.1) is 12.4 Å². The van der Waals surface area contributed by atoms with Crippen LogP contribution in [0.25, 0.3) is 0 Å². The molecule has 94 valence electrons. The SMILES string of the molecule is Cl.NC1CCN(C(=O)C2(C(F)(F)F)CC2)C1. The van der Waals surface area contributed by atoms with Gasteiger partial charge in [0.25, 0.3) is 0 Å². The number of nitrogens with zero attached hydrogens (tertiary/aromatic N) is 1. The Balaban J connectivity index is 0.00000128. The summed E-state index contributed by atoms with van der Waals surface area (Å²) in [4.78, 5) is 12.9. The number of hydrogen-bond donors (Lipinski definition) is 1. The van der Waals surface area contributed by atoms with Gasteiger partial charge in [-0.25, -0.2) is 0 Å². The summed E-state index contributed by atoms with van der Waals surface area (Å²) in [5.74, 6) is -0.775. The molecule has 0 aromatic rings. The molecule has 0 spiro atoms. The summed E-state index contributed by atoms with van der Waals surface area (Å²) >= 11 is 0. The first-order valence-electron chi connectivity index (χ1n) is 4.98. The second-order valence-electron chi connectivity index (χ2n) is 4.38. The van der Waals surface area contributed by atoms with Crippen LogP contribution in [-0.2, 0) is 4.79 Å². The monoisotopic (exact) mass is 258 g/mol. The van der Waals surface area contributed by atoms with Gasteiger partial charge < -0.3 is 10.6 Å². The van der Waals surface area contributed by atoms with Crippen LogP contribution in [0.1, 0.15) is 19.3 Å². The summed E-state index contributed by atoms with van der Waals surface area (Å²) in [7, 11) is 0. The molecule has 0 bridgehead atoms. The highest BCUT2D eigenvalue weighted by Gasteiger charge is 2.69. The van der Waals surface area contributed by atoms with Gasteiger partial charge in [0.05, 0.1) is 0 Å². The van der Waals surface area contributed by atoms with E-state index in [9.17, 15) is 18.0 Å². The van der Waals surface area contributed by atoms with Gasteiger partial charge in [0.1, 0.15) is 5.41 Å². The lowest BCUT2D eigenvalue weighted by atomic mass is 10.1. The summed E-state index contributed by atoms with van der Waals surface area (Å²) in [5.41, 5.74) is 3.49. The zero-order valence-electron chi connectivity index (χ0n) is 8.59. The van der Waals surface area contributed by atoms with E-state index in [1.54, 1.807) is 0 Å². The number of hydrogen-bond acceptors (Lipinski definition) is 2. The molecule has 16 heavy (non-hydrogen) atoms. The predicted molar refractivity (Wildman–Crippen MR) is 54.1 cm³/mol. The Hall–Kier alpha value is -0.490. The number of alkyl halides is 3. The lowest BCUT2D eigenvalue weighted by Gasteiger charge is -2.24. The van der Waals surface area contributed by atoms with E-state index >= 15 is 0 Å². The maximum atomic E-state index is 12.6. The van der Waals surface area contributed by atoms with Crippen LogP contribution >= 0.6 is 12.4 Å². The highest BCUT2D eigenvalue weighted by atomic mass is 35.5. The Morgan fingerprint density at radius 3 is 2.25 bits per heavy atom. The number of carbonyl (C=O) groups excluding carboxylic acids is 1. The summed E-state index contributed by atoms with van der Waals surface area (Å²) in [6, 6.07) is -0.169. The van der Waals surface area contributed by atoms with E-state index in [0.717, 1.165) is 0 Å². The maximum Gasteiger partial charge on any atom is 0.403 e. The summed E-state index contributed by atoms with van der Waals surface area (Å²) in [5, 5.41) is 0. The van der Waals surface area contributed by atoms with Crippen molar-refractivity contribution in [2.75, 3.05) is 13.1 Å². The lowest BCUT2D eigenvalue weighted by molar-refractivity contribution is -0.197. The zero-order chi connectivity index (χ0) is 11.3. The largest absolute Gasteiger partial charge is 0.403 e. The van der Waals surface area contributed by atoms with Gasteiger partial charge in [0.15, 0.2) is 0 Å². The van der Waals surface area contributed by atoms with E-state index in [1.807, 2.05) is 0 Å². The minimum absolute atomic E-state index is 0. The fourth-order valence-corrected chi connectivity index (χ4v) is 2.02. The van der Waals surface area contributed by atoms with Crippen LogP contribution in [-0.4, -0.2) is 36.1 Å². The minimum Gasteiger partial charge on any atom is -0.340 e. The molecule has 1 saturated carbocycles. The molecule has 2 rings (SSSR count). The number of likely N-dealkylation sites (tertiary alicyclic amines) is 1. The molecule has 1 saturated heterocycles. The quantitative estimate of drug-likeness (QED) is 0.771. The predicted octanol–water partition coefficient (Wildman–Crippen LogP) is 1.31. The molecule has 1 aliphatic heterocycles. The van der Waals surface area contributed by atoms with E-state index in [1.165, 1.54) is 4.90 Å². The van der Waals surface area contributed by atoms with Crippen molar-refractivity contribution in [1.29, 1.82) is 0 Å². The van der Waals surface area contributed by atoms with Crippen LogP contribution in [0.3, 0.4) is 0 Å². The van der Waals surface area contributed by atoms with Crippen molar-refractivity contribution in [2.45, 2.75) is 31.5 Å². The van der Waals surface area contributed by atoms with Gasteiger partial charge in [-0.3, -0.25) is 4.79 Å². The third kappa shape index (κ3) is 2.00. The molecule has 1 heterocycles.